The molecule has 0 spiro atoms. The molecule has 0 aliphatic rings. The van der Waals surface area contributed by atoms with Crippen LogP contribution >= 0.6 is 15.9 Å². The van der Waals surface area contributed by atoms with Gasteiger partial charge in [-0.15, -0.1) is 0 Å². The van der Waals surface area contributed by atoms with Gasteiger partial charge in [-0.2, -0.15) is 5.10 Å². The van der Waals surface area contributed by atoms with Crippen LogP contribution in [0.15, 0.2) is 22.7 Å². The van der Waals surface area contributed by atoms with Gasteiger partial charge in [-0.3, -0.25) is 9.89 Å². The number of nitrogens with zero attached hydrogens (tertiary/aromatic N) is 1. The Morgan fingerprint density at radius 1 is 1.54 bits per heavy atom. The Labute approximate surface area is 82.5 Å². The van der Waals surface area contributed by atoms with E-state index in [9.17, 15) is 4.79 Å². The molecule has 0 aliphatic heterocycles. The first-order valence-electron chi connectivity index (χ1n) is 3.65. The van der Waals surface area contributed by atoms with Crippen molar-refractivity contribution in [3.8, 4) is 0 Å². The van der Waals surface area contributed by atoms with Gasteiger partial charge in [0.1, 0.15) is 0 Å². The highest BCUT2D eigenvalue weighted by Gasteiger charge is 2.03. The van der Waals surface area contributed by atoms with E-state index in [-0.39, 0.29) is 0 Å². The molecule has 1 aromatic carbocycles. The third-order valence-corrected chi connectivity index (χ3v) is 2.21. The Balaban J connectivity index is 2.64. The number of benzene rings is 1. The first kappa shape index (κ1) is 8.25. The number of nitrogens with one attached hydrogen (secondary N) is 2. The molecule has 0 saturated carbocycles. The third-order valence-electron chi connectivity index (χ3n) is 1.72. The molecule has 66 valence electrons. The summed E-state index contributed by atoms with van der Waals surface area (Å²) in [6, 6.07) is 5.69. The lowest BCUT2D eigenvalue weighted by Gasteiger charge is -1.93. The fraction of sp³-hybridized carbons (Fsp3) is 0. The minimum atomic E-state index is 0.548. The summed E-state index contributed by atoms with van der Waals surface area (Å²) in [5.74, 6) is 0.548. The summed E-state index contributed by atoms with van der Waals surface area (Å²) in [5.41, 5.74) is 0.896. The number of halogens is 1. The van der Waals surface area contributed by atoms with Crippen molar-refractivity contribution < 1.29 is 4.79 Å². The standard InChI is InChI=1S/C8H6BrN3O/c9-5-1-2-7-6(3-5)8(10-4-13)12-11-7/h1-4H,(H2,10,11,12,13). The molecule has 4 nitrogen and oxygen atoms in total. The molecule has 2 aromatic rings. The molecule has 13 heavy (non-hydrogen) atoms. The van der Waals surface area contributed by atoms with Gasteiger partial charge in [0.25, 0.3) is 0 Å². The maximum absolute atomic E-state index is 10.2. The van der Waals surface area contributed by atoms with E-state index < -0.39 is 0 Å². The Morgan fingerprint density at radius 2 is 2.38 bits per heavy atom. The van der Waals surface area contributed by atoms with Crippen LogP contribution in [0.5, 0.6) is 0 Å². The molecule has 0 aliphatic carbocycles. The van der Waals surface area contributed by atoms with E-state index in [1.807, 2.05) is 18.2 Å². The van der Waals surface area contributed by atoms with Crippen molar-refractivity contribution in [2.24, 2.45) is 0 Å². The molecule has 5 heteroatoms. The van der Waals surface area contributed by atoms with Gasteiger partial charge in [0.15, 0.2) is 5.82 Å². The Hall–Kier alpha value is -1.36. The van der Waals surface area contributed by atoms with E-state index >= 15 is 0 Å². The van der Waals surface area contributed by atoms with Crippen LogP contribution in [0, 0.1) is 0 Å². The number of H-pyrrole nitrogens is 1. The van der Waals surface area contributed by atoms with Crippen molar-refractivity contribution in [3.05, 3.63) is 22.7 Å². The second kappa shape index (κ2) is 3.18. The Bertz CT molecular complexity index is 452. The zero-order valence-electron chi connectivity index (χ0n) is 6.54. The number of fused-ring (bicyclic) bond motifs is 1. The summed E-state index contributed by atoms with van der Waals surface area (Å²) in [6.45, 7) is 0. The smallest absolute Gasteiger partial charge is 0.212 e. The Kier molecular flexibility index (Phi) is 2.02. The number of hydrogen-bond donors (Lipinski definition) is 2. The van der Waals surface area contributed by atoms with Crippen LogP contribution < -0.4 is 5.32 Å². The topological polar surface area (TPSA) is 57.8 Å². The minimum Gasteiger partial charge on any atom is -0.311 e. The molecule has 1 heterocycles. The van der Waals surface area contributed by atoms with Gasteiger partial charge in [0, 0.05) is 9.86 Å². The second-order valence-electron chi connectivity index (χ2n) is 2.52. The Morgan fingerprint density at radius 3 is 3.15 bits per heavy atom. The number of hydrogen-bond acceptors (Lipinski definition) is 2. The number of anilines is 1. The lowest BCUT2D eigenvalue weighted by atomic mass is 10.2. The number of aromatic amines is 1. The van der Waals surface area contributed by atoms with Gasteiger partial charge in [-0.25, -0.2) is 0 Å². The average molecular weight is 240 g/mol. The number of rotatable bonds is 2. The predicted octanol–water partition coefficient (Wildman–Crippen LogP) is 1.89. The first-order chi connectivity index (χ1) is 6.31. The van der Waals surface area contributed by atoms with Gasteiger partial charge in [-0.05, 0) is 18.2 Å². The van der Waals surface area contributed by atoms with Crippen LogP contribution in [-0.4, -0.2) is 16.6 Å². The van der Waals surface area contributed by atoms with Gasteiger partial charge in [0.05, 0.1) is 5.52 Å². The van der Waals surface area contributed by atoms with Gasteiger partial charge in [-0.1, -0.05) is 15.9 Å². The van der Waals surface area contributed by atoms with E-state index in [2.05, 4.69) is 31.4 Å². The SMILES string of the molecule is O=CNc1n[nH]c2ccc(Br)cc12. The molecule has 0 fully saturated rings. The van der Waals surface area contributed by atoms with E-state index in [1.54, 1.807) is 0 Å². The van der Waals surface area contributed by atoms with Crippen molar-refractivity contribution in [2.75, 3.05) is 5.32 Å². The normalized spacial score (nSPS) is 10.2. The van der Waals surface area contributed by atoms with E-state index in [0.717, 1.165) is 15.4 Å². The van der Waals surface area contributed by atoms with Crippen molar-refractivity contribution in [3.63, 3.8) is 0 Å². The number of amides is 1. The van der Waals surface area contributed by atoms with Crippen molar-refractivity contribution in [1.29, 1.82) is 0 Å². The monoisotopic (exact) mass is 239 g/mol. The van der Waals surface area contributed by atoms with Crippen LogP contribution in [0.2, 0.25) is 0 Å². The molecule has 2 rings (SSSR count). The molecule has 0 bridgehead atoms. The molecule has 0 atom stereocenters. The fourth-order valence-corrected chi connectivity index (χ4v) is 1.51. The fourth-order valence-electron chi connectivity index (χ4n) is 1.15. The molecule has 0 saturated heterocycles. The maximum atomic E-state index is 10.2. The van der Waals surface area contributed by atoms with E-state index in [1.165, 1.54) is 0 Å². The first-order valence-corrected chi connectivity index (χ1v) is 4.44. The summed E-state index contributed by atoms with van der Waals surface area (Å²) in [7, 11) is 0. The summed E-state index contributed by atoms with van der Waals surface area (Å²) in [4.78, 5) is 10.2. The van der Waals surface area contributed by atoms with Crippen LogP contribution in [-0.2, 0) is 4.79 Å². The highest BCUT2D eigenvalue weighted by molar-refractivity contribution is 9.10. The molecular formula is C8H6BrN3O. The van der Waals surface area contributed by atoms with Crippen LogP contribution in [0.4, 0.5) is 5.82 Å². The maximum Gasteiger partial charge on any atom is 0.212 e. The zero-order chi connectivity index (χ0) is 9.26. The number of carbonyl (C=O) groups excluding carboxylic acids is 1. The van der Waals surface area contributed by atoms with Crippen molar-refractivity contribution in [2.45, 2.75) is 0 Å². The molecule has 1 aromatic heterocycles. The van der Waals surface area contributed by atoms with Crippen LogP contribution in [0.25, 0.3) is 10.9 Å². The predicted molar refractivity (Wildman–Crippen MR) is 53.5 cm³/mol. The number of carbonyl (C=O) groups is 1. The van der Waals surface area contributed by atoms with Crippen molar-refractivity contribution >= 4 is 39.1 Å². The average Bonchev–Trinajstić information content (AvgIpc) is 2.49. The van der Waals surface area contributed by atoms with Crippen LogP contribution in [0.1, 0.15) is 0 Å². The summed E-state index contributed by atoms with van der Waals surface area (Å²) < 4.78 is 0.954. The highest BCUT2D eigenvalue weighted by atomic mass is 79.9. The van der Waals surface area contributed by atoms with Crippen molar-refractivity contribution in [1.82, 2.24) is 10.2 Å². The number of aromatic nitrogens is 2. The second-order valence-corrected chi connectivity index (χ2v) is 3.44. The van der Waals surface area contributed by atoms with E-state index in [4.69, 9.17) is 0 Å². The molecular weight excluding hydrogens is 234 g/mol. The molecule has 1 amide bonds. The largest absolute Gasteiger partial charge is 0.311 e. The lowest BCUT2D eigenvalue weighted by molar-refractivity contribution is -0.105. The quantitative estimate of drug-likeness (QED) is 0.787. The molecule has 0 radical (unpaired) electrons. The van der Waals surface area contributed by atoms with E-state index in [0.29, 0.717) is 12.2 Å². The summed E-state index contributed by atoms with van der Waals surface area (Å²) >= 11 is 3.34. The molecule has 0 unspecified atom stereocenters. The third kappa shape index (κ3) is 1.42. The lowest BCUT2D eigenvalue weighted by Crippen LogP contribution is -1.93. The summed E-state index contributed by atoms with van der Waals surface area (Å²) in [5, 5.41) is 10.2. The highest BCUT2D eigenvalue weighted by Crippen LogP contribution is 2.23. The van der Waals surface area contributed by atoms with Gasteiger partial charge < -0.3 is 5.32 Å². The van der Waals surface area contributed by atoms with Gasteiger partial charge >= 0.3 is 0 Å². The van der Waals surface area contributed by atoms with Crippen LogP contribution in [0.3, 0.4) is 0 Å². The minimum absolute atomic E-state index is 0.548. The zero-order valence-corrected chi connectivity index (χ0v) is 8.13. The van der Waals surface area contributed by atoms with Gasteiger partial charge in [0.2, 0.25) is 6.41 Å². The molecule has 2 N–H and O–H groups in total. The summed E-state index contributed by atoms with van der Waals surface area (Å²) in [6.07, 6.45) is 0.608.